The Labute approximate surface area is 187 Å². The van der Waals surface area contributed by atoms with Crippen molar-refractivity contribution < 1.29 is 4.79 Å². The molecule has 2 aliphatic heterocycles. The van der Waals surface area contributed by atoms with Gasteiger partial charge < -0.3 is 4.90 Å². The van der Waals surface area contributed by atoms with Gasteiger partial charge in [0.15, 0.2) is 4.32 Å². The fraction of sp³-hybridized carbons (Fsp3) is 0.238. The Bertz CT molecular complexity index is 1000. The summed E-state index contributed by atoms with van der Waals surface area (Å²) in [5, 5.41) is 0.545. The van der Waals surface area contributed by atoms with Crippen LogP contribution in [0.25, 0.3) is 6.08 Å². The Hall–Kier alpha value is -1.34. The van der Waals surface area contributed by atoms with E-state index in [0.29, 0.717) is 19.9 Å². The number of hydrogen-bond donors (Lipinski definition) is 0. The quantitative estimate of drug-likeness (QED) is 0.364. The smallest absolute Gasteiger partial charge is 0.270 e. The largest absolute Gasteiger partial charge is 0.372 e. The molecular weight excluding hydrogens is 476 g/mol. The van der Waals surface area contributed by atoms with Crippen molar-refractivity contribution in [3.63, 3.8) is 0 Å². The molecule has 1 amide bonds. The zero-order valence-electron chi connectivity index (χ0n) is 15.2. The molecule has 2 aliphatic rings. The van der Waals surface area contributed by atoms with Crippen LogP contribution >= 0.6 is 51.5 Å². The fourth-order valence-corrected chi connectivity index (χ4v) is 5.16. The summed E-state index contributed by atoms with van der Waals surface area (Å²) in [6.07, 6.45) is 4.44. The first-order valence-corrected chi connectivity index (χ1v) is 11.4. The zero-order valence-corrected chi connectivity index (χ0v) is 19.2. The molecule has 4 rings (SSSR count). The molecular formula is C21H18BrClN2OS2. The molecule has 0 aliphatic carbocycles. The number of nitrogens with zero attached hydrogens (tertiary/aromatic N) is 2. The number of amides is 1. The Morgan fingerprint density at radius 2 is 1.86 bits per heavy atom. The third-order valence-corrected chi connectivity index (χ3v) is 7.50. The van der Waals surface area contributed by atoms with E-state index in [0.717, 1.165) is 28.7 Å². The molecule has 0 saturated carbocycles. The lowest BCUT2D eigenvalue weighted by Gasteiger charge is -2.18. The number of thiocarbonyl (C=S) groups is 1. The van der Waals surface area contributed by atoms with E-state index in [1.165, 1.54) is 35.2 Å². The standard InChI is InChI=1S/C21H18BrClN2OS2/c1-13-10-15(24-8-2-3-9-24)5-4-14(13)11-19-20(26)25(21(27)28-19)16-6-7-17(22)18(23)12-16/h4-7,10-12H,2-3,8-9H2,1H3/b19-11+. The molecule has 0 N–H and O–H groups in total. The van der Waals surface area contributed by atoms with Gasteiger partial charge in [-0.3, -0.25) is 9.69 Å². The van der Waals surface area contributed by atoms with Gasteiger partial charge >= 0.3 is 0 Å². The van der Waals surface area contributed by atoms with Crippen LogP contribution in [0.2, 0.25) is 5.02 Å². The zero-order chi connectivity index (χ0) is 19.8. The minimum atomic E-state index is -0.114. The van der Waals surface area contributed by atoms with Crippen molar-refractivity contribution in [2.24, 2.45) is 0 Å². The summed E-state index contributed by atoms with van der Waals surface area (Å²) >= 11 is 16.3. The second kappa shape index (κ2) is 8.19. The summed E-state index contributed by atoms with van der Waals surface area (Å²) in [6.45, 7) is 4.32. The first-order chi connectivity index (χ1) is 13.4. The predicted octanol–water partition coefficient (Wildman–Crippen LogP) is 6.42. The Morgan fingerprint density at radius 1 is 1.14 bits per heavy atom. The minimum Gasteiger partial charge on any atom is -0.372 e. The summed E-state index contributed by atoms with van der Waals surface area (Å²) in [5.74, 6) is -0.114. The van der Waals surface area contributed by atoms with Crippen molar-refractivity contribution >= 4 is 79.2 Å². The van der Waals surface area contributed by atoms with Crippen LogP contribution in [0.1, 0.15) is 24.0 Å². The molecule has 0 spiro atoms. The maximum Gasteiger partial charge on any atom is 0.270 e. The monoisotopic (exact) mass is 492 g/mol. The molecule has 2 aromatic carbocycles. The van der Waals surface area contributed by atoms with Gasteiger partial charge in [0.25, 0.3) is 5.91 Å². The summed E-state index contributed by atoms with van der Waals surface area (Å²) < 4.78 is 1.30. The first-order valence-electron chi connectivity index (χ1n) is 9.02. The summed E-state index contributed by atoms with van der Waals surface area (Å²) in [6, 6.07) is 11.8. The lowest BCUT2D eigenvalue weighted by molar-refractivity contribution is -0.113. The second-order valence-electron chi connectivity index (χ2n) is 6.85. The van der Waals surface area contributed by atoms with E-state index in [4.69, 9.17) is 23.8 Å². The van der Waals surface area contributed by atoms with Crippen LogP contribution in [0.15, 0.2) is 45.8 Å². The number of aryl methyl sites for hydroxylation is 1. The number of halogens is 2. The van der Waals surface area contributed by atoms with Gasteiger partial charge in [0.05, 0.1) is 15.6 Å². The SMILES string of the molecule is Cc1cc(N2CCCC2)ccc1/C=C1/SC(=S)N(c2ccc(Br)c(Cl)c2)C1=O. The van der Waals surface area contributed by atoms with Crippen molar-refractivity contribution in [2.75, 3.05) is 22.9 Å². The van der Waals surface area contributed by atoms with Gasteiger partial charge in [0, 0.05) is 23.2 Å². The lowest BCUT2D eigenvalue weighted by Crippen LogP contribution is -2.27. The van der Waals surface area contributed by atoms with E-state index < -0.39 is 0 Å². The number of benzene rings is 2. The van der Waals surface area contributed by atoms with Crippen molar-refractivity contribution in [1.29, 1.82) is 0 Å². The molecule has 0 aromatic heterocycles. The van der Waals surface area contributed by atoms with Crippen molar-refractivity contribution in [2.45, 2.75) is 19.8 Å². The van der Waals surface area contributed by atoms with E-state index >= 15 is 0 Å². The van der Waals surface area contributed by atoms with Crippen LogP contribution < -0.4 is 9.80 Å². The van der Waals surface area contributed by atoms with Gasteiger partial charge in [-0.2, -0.15) is 0 Å². The number of anilines is 2. The highest BCUT2D eigenvalue weighted by Crippen LogP contribution is 2.38. The summed E-state index contributed by atoms with van der Waals surface area (Å²) in [5.41, 5.74) is 4.13. The molecule has 7 heteroatoms. The van der Waals surface area contributed by atoms with Crippen molar-refractivity contribution in [3.05, 3.63) is 61.9 Å². The van der Waals surface area contributed by atoms with Gasteiger partial charge in [-0.15, -0.1) is 0 Å². The van der Waals surface area contributed by atoms with Crippen LogP contribution in [0.3, 0.4) is 0 Å². The number of hydrogen-bond acceptors (Lipinski definition) is 4. The Kier molecular flexibility index (Phi) is 5.83. The van der Waals surface area contributed by atoms with E-state index in [2.05, 4.69) is 46.0 Å². The number of thioether (sulfide) groups is 1. The van der Waals surface area contributed by atoms with Gasteiger partial charge in [0.1, 0.15) is 0 Å². The van der Waals surface area contributed by atoms with Crippen LogP contribution in [0.5, 0.6) is 0 Å². The Morgan fingerprint density at radius 3 is 2.54 bits per heavy atom. The molecule has 2 saturated heterocycles. The van der Waals surface area contributed by atoms with E-state index in [1.807, 2.05) is 18.2 Å². The molecule has 144 valence electrons. The van der Waals surface area contributed by atoms with Crippen LogP contribution in [0.4, 0.5) is 11.4 Å². The maximum atomic E-state index is 13.0. The summed E-state index contributed by atoms with van der Waals surface area (Å²) in [4.78, 5) is 17.6. The third-order valence-electron chi connectivity index (χ3n) is 4.97. The molecule has 2 fully saturated rings. The first kappa shape index (κ1) is 20.0. The normalized spacial score (nSPS) is 18.6. The average Bonchev–Trinajstić information content (AvgIpc) is 3.28. The number of rotatable bonds is 3. The molecule has 0 radical (unpaired) electrons. The van der Waals surface area contributed by atoms with Gasteiger partial charge in [-0.05, 0) is 83.2 Å². The second-order valence-corrected chi connectivity index (χ2v) is 9.79. The average molecular weight is 494 g/mol. The van der Waals surface area contributed by atoms with E-state index in [9.17, 15) is 4.79 Å². The highest BCUT2D eigenvalue weighted by Gasteiger charge is 2.33. The lowest BCUT2D eigenvalue weighted by atomic mass is 10.1. The van der Waals surface area contributed by atoms with E-state index in [1.54, 1.807) is 6.07 Å². The molecule has 28 heavy (non-hydrogen) atoms. The summed E-state index contributed by atoms with van der Waals surface area (Å²) in [7, 11) is 0. The van der Waals surface area contributed by atoms with E-state index in [-0.39, 0.29) is 5.91 Å². The molecule has 0 atom stereocenters. The topological polar surface area (TPSA) is 23.6 Å². The Balaban J connectivity index is 1.61. The number of carbonyl (C=O) groups excluding carboxylic acids is 1. The van der Waals surface area contributed by atoms with Crippen LogP contribution in [-0.4, -0.2) is 23.3 Å². The minimum absolute atomic E-state index is 0.114. The molecule has 2 aromatic rings. The van der Waals surface area contributed by atoms with Gasteiger partial charge in [-0.25, -0.2) is 0 Å². The highest BCUT2D eigenvalue weighted by atomic mass is 79.9. The van der Waals surface area contributed by atoms with Crippen molar-refractivity contribution in [3.8, 4) is 0 Å². The maximum absolute atomic E-state index is 13.0. The molecule has 0 bridgehead atoms. The molecule has 3 nitrogen and oxygen atoms in total. The predicted molar refractivity (Wildman–Crippen MR) is 127 cm³/mol. The molecule has 2 heterocycles. The fourth-order valence-electron chi connectivity index (χ4n) is 3.45. The number of carbonyl (C=O) groups is 1. The third kappa shape index (κ3) is 3.88. The van der Waals surface area contributed by atoms with Crippen molar-refractivity contribution in [1.82, 2.24) is 0 Å². The van der Waals surface area contributed by atoms with Crippen LogP contribution in [0, 0.1) is 6.92 Å². The van der Waals surface area contributed by atoms with Crippen LogP contribution in [-0.2, 0) is 4.79 Å². The van der Waals surface area contributed by atoms with Gasteiger partial charge in [-0.1, -0.05) is 41.6 Å². The molecule has 0 unspecified atom stereocenters. The highest BCUT2D eigenvalue weighted by molar-refractivity contribution is 9.10. The van der Waals surface area contributed by atoms with Gasteiger partial charge in [0.2, 0.25) is 0 Å².